The van der Waals surface area contributed by atoms with Crippen molar-refractivity contribution in [2.24, 2.45) is 0 Å². The summed E-state index contributed by atoms with van der Waals surface area (Å²) >= 11 is 0. The summed E-state index contributed by atoms with van der Waals surface area (Å²) in [5.41, 5.74) is 0.959. The van der Waals surface area contributed by atoms with E-state index in [1.807, 2.05) is 0 Å². The van der Waals surface area contributed by atoms with E-state index in [4.69, 9.17) is 0 Å². The maximum atomic E-state index is 12.7. The van der Waals surface area contributed by atoms with Crippen LogP contribution >= 0.6 is 0 Å². The number of hydrogen-bond acceptors (Lipinski definition) is 10. The second-order valence-corrected chi connectivity index (χ2v) is 8.75. The van der Waals surface area contributed by atoms with Crippen LogP contribution < -0.4 is 124 Å². The van der Waals surface area contributed by atoms with Gasteiger partial charge in [-0.2, -0.15) is 9.36 Å². The molecule has 4 N–H and O–H groups in total. The van der Waals surface area contributed by atoms with Crippen LogP contribution in [0.2, 0.25) is 0 Å². The first-order valence-electron chi connectivity index (χ1n) is 12.0. The van der Waals surface area contributed by atoms with E-state index < -0.39 is 23.8 Å². The van der Waals surface area contributed by atoms with E-state index in [1.54, 1.807) is 0 Å². The Morgan fingerprint density at radius 3 is 1.14 bits per heavy atom. The number of rotatable bonds is 8. The fourth-order valence-corrected chi connectivity index (χ4v) is 3.87. The minimum atomic E-state index is -1.35. The molecular formula is C28H18K2N6O8. The van der Waals surface area contributed by atoms with Gasteiger partial charge in [-0.05, 0) is 59.7 Å². The van der Waals surface area contributed by atoms with Gasteiger partial charge in [-0.25, -0.2) is 0 Å². The number of carbonyl (C=O) groups is 4. The molecule has 0 fully saturated rings. The molecule has 0 saturated carbocycles. The Morgan fingerprint density at radius 1 is 0.545 bits per heavy atom. The molecule has 2 heterocycles. The molecule has 3 aromatic carbocycles. The van der Waals surface area contributed by atoms with Crippen LogP contribution in [-0.4, -0.2) is 53.5 Å². The second-order valence-electron chi connectivity index (χ2n) is 8.75. The first kappa shape index (κ1) is 35.3. The minimum absolute atomic E-state index is 0. The summed E-state index contributed by atoms with van der Waals surface area (Å²) in [5.74, 6) is -4.42. The fraction of sp³-hybridized carbons (Fsp3) is 0. The number of nitrogens with zero attached hydrogens (tertiary/aromatic N) is 4. The van der Waals surface area contributed by atoms with E-state index in [-0.39, 0.29) is 148 Å². The van der Waals surface area contributed by atoms with Gasteiger partial charge in [-0.1, -0.05) is 24.3 Å². The van der Waals surface area contributed by atoms with Gasteiger partial charge in [0.2, 0.25) is 11.8 Å². The molecule has 0 aliphatic carbocycles. The molecule has 5 aromatic rings. The third-order valence-electron chi connectivity index (χ3n) is 5.97. The Kier molecular flexibility index (Phi) is 12.2. The van der Waals surface area contributed by atoms with Gasteiger partial charge in [-0.15, -0.1) is 10.2 Å². The van der Waals surface area contributed by atoms with Gasteiger partial charge in [0.25, 0.3) is 11.8 Å². The molecule has 2 aromatic heterocycles. The van der Waals surface area contributed by atoms with E-state index in [2.05, 4.69) is 20.8 Å². The molecule has 16 heteroatoms. The SMILES string of the molecule is O=C([O-])c1ccc(-n2nc(NC(=O)c3ccc(C(=O)Nc4cc(O)n(-c5ccc(C(=O)[O-])cc5)n4)cc3)cc2O)cc1.[K+].[K+]. The van der Waals surface area contributed by atoms with Crippen molar-refractivity contribution in [1.29, 1.82) is 0 Å². The van der Waals surface area contributed by atoms with Crippen molar-refractivity contribution < 1.29 is 142 Å². The number of carbonyl (C=O) groups excluding carboxylic acids is 4. The average molecular weight is 645 g/mol. The zero-order valence-corrected chi connectivity index (χ0v) is 29.5. The van der Waals surface area contributed by atoms with E-state index in [1.165, 1.54) is 84.9 Å². The normalized spacial score (nSPS) is 10.2. The molecule has 0 radical (unpaired) electrons. The zero-order valence-electron chi connectivity index (χ0n) is 23.2. The van der Waals surface area contributed by atoms with Crippen molar-refractivity contribution in [2.45, 2.75) is 0 Å². The van der Waals surface area contributed by atoms with Crippen LogP contribution in [-0.2, 0) is 0 Å². The molecule has 2 amide bonds. The first-order chi connectivity index (χ1) is 20.1. The maximum absolute atomic E-state index is 12.7. The van der Waals surface area contributed by atoms with E-state index in [9.17, 15) is 39.6 Å². The number of nitrogens with one attached hydrogen (secondary N) is 2. The number of amides is 2. The third-order valence-corrected chi connectivity index (χ3v) is 5.97. The molecule has 44 heavy (non-hydrogen) atoms. The molecule has 0 spiro atoms. The molecule has 0 saturated heterocycles. The van der Waals surface area contributed by atoms with E-state index >= 15 is 0 Å². The predicted molar refractivity (Wildman–Crippen MR) is 141 cm³/mol. The number of anilines is 2. The van der Waals surface area contributed by atoms with Gasteiger partial charge in [0.1, 0.15) is 0 Å². The molecule has 210 valence electrons. The largest absolute Gasteiger partial charge is 1.00 e. The first-order valence-corrected chi connectivity index (χ1v) is 12.0. The number of hydrogen-bond donors (Lipinski definition) is 4. The number of benzene rings is 3. The number of aromatic nitrogens is 4. The van der Waals surface area contributed by atoms with E-state index in [0.29, 0.717) is 11.4 Å². The second kappa shape index (κ2) is 15.2. The van der Waals surface area contributed by atoms with Crippen molar-refractivity contribution in [3.63, 3.8) is 0 Å². The van der Waals surface area contributed by atoms with Crippen molar-refractivity contribution in [3.05, 3.63) is 107 Å². The molecule has 0 aliphatic heterocycles. The molecule has 14 nitrogen and oxygen atoms in total. The molecule has 0 bridgehead atoms. The summed E-state index contributed by atoms with van der Waals surface area (Å²) in [6, 6.07) is 18.8. The van der Waals surface area contributed by atoms with Crippen molar-refractivity contribution >= 4 is 35.4 Å². The topological polar surface area (TPSA) is 215 Å². The number of aromatic hydroxyl groups is 2. The van der Waals surface area contributed by atoms with Crippen LogP contribution in [0.25, 0.3) is 11.4 Å². The van der Waals surface area contributed by atoms with Crippen LogP contribution in [0.3, 0.4) is 0 Å². The van der Waals surface area contributed by atoms with Gasteiger partial charge in [0.05, 0.1) is 23.3 Å². The van der Waals surface area contributed by atoms with Crippen molar-refractivity contribution in [2.75, 3.05) is 10.6 Å². The molecule has 0 aliphatic rings. The summed E-state index contributed by atoms with van der Waals surface area (Å²) in [6.07, 6.45) is 0. The fourth-order valence-electron chi connectivity index (χ4n) is 3.87. The molecule has 0 atom stereocenters. The summed E-state index contributed by atoms with van der Waals surface area (Å²) in [7, 11) is 0. The van der Waals surface area contributed by atoms with Gasteiger partial charge in [-0.3, -0.25) is 9.59 Å². The number of aromatic carboxylic acids is 2. The third kappa shape index (κ3) is 8.10. The minimum Gasteiger partial charge on any atom is -0.545 e. The smallest absolute Gasteiger partial charge is 0.545 e. The van der Waals surface area contributed by atoms with Crippen LogP contribution in [0.1, 0.15) is 41.4 Å². The van der Waals surface area contributed by atoms with Gasteiger partial charge < -0.3 is 40.6 Å². The van der Waals surface area contributed by atoms with E-state index in [0.717, 1.165) is 9.36 Å². The van der Waals surface area contributed by atoms with Gasteiger partial charge in [0.15, 0.2) is 11.6 Å². The van der Waals surface area contributed by atoms with Gasteiger partial charge >= 0.3 is 103 Å². The summed E-state index contributed by atoms with van der Waals surface area (Å²) in [5, 5.41) is 55.5. The van der Waals surface area contributed by atoms with Crippen molar-refractivity contribution in [1.82, 2.24) is 19.6 Å². The van der Waals surface area contributed by atoms with Gasteiger partial charge in [0, 0.05) is 23.3 Å². The quantitative estimate of drug-likeness (QED) is 0.118. The van der Waals surface area contributed by atoms with Crippen molar-refractivity contribution in [3.8, 4) is 23.1 Å². The average Bonchev–Trinajstić information content (AvgIpc) is 3.53. The van der Waals surface area contributed by atoms with Crippen LogP contribution in [0.4, 0.5) is 11.6 Å². The Hall–Kier alpha value is -3.17. The number of carboxylic acids is 2. The van der Waals surface area contributed by atoms with Crippen LogP contribution in [0.15, 0.2) is 84.9 Å². The zero-order chi connectivity index (χ0) is 30.0. The molecule has 5 rings (SSSR count). The number of carboxylic acid groups (broad SMARTS) is 2. The van der Waals surface area contributed by atoms with Crippen LogP contribution in [0, 0.1) is 0 Å². The monoisotopic (exact) mass is 644 g/mol. The summed E-state index contributed by atoms with van der Waals surface area (Å²) in [6.45, 7) is 0. The summed E-state index contributed by atoms with van der Waals surface area (Å²) < 4.78 is 2.20. The molecule has 0 unspecified atom stereocenters. The Balaban J connectivity index is 0.00000264. The Labute approximate surface area is 333 Å². The summed E-state index contributed by atoms with van der Waals surface area (Å²) in [4.78, 5) is 47.3. The molecular weight excluding hydrogens is 627 g/mol. The Bertz CT molecular complexity index is 1700. The predicted octanol–water partition coefficient (Wildman–Crippen LogP) is -5.29. The standard InChI is InChI=1S/C28H20N6O8.2K/c35-23-13-21(31-33(23)19-9-5-17(6-10-19)27(39)40)29-25(37)15-1-2-16(4-3-15)26(38)30-22-14-24(36)34(32-22)20-11-7-18(8-12-20)28(41)42;;/h1-14,35-36H,(H,39,40)(H,41,42)(H,29,31,37)(H,30,32,38);;/q;2*+1/p-2. The maximum Gasteiger partial charge on any atom is 1.00 e. The Morgan fingerprint density at radius 2 is 0.841 bits per heavy atom. The van der Waals surface area contributed by atoms with Crippen LogP contribution in [0.5, 0.6) is 11.8 Å².